The minimum Gasteiger partial charge on any atom is -0.481 e. The van der Waals surface area contributed by atoms with Crippen LogP contribution in [0, 0.1) is 11.6 Å². The largest absolute Gasteiger partial charge is 0.481 e. The molecule has 0 aliphatic carbocycles. The van der Waals surface area contributed by atoms with Crippen molar-refractivity contribution >= 4 is 28.6 Å². The number of aromatic nitrogens is 2. The molecule has 4 rings (SSSR count). The van der Waals surface area contributed by atoms with Crippen LogP contribution in [-0.2, 0) is 11.2 Å². The highest BCUT2D eigenvalue weighted by molar-refractivity contribution is 6.19. The second-order valence-electron chi connectivity index (χ2n) is 7.55. The third-order valence-corrected chi connectivity index (χ3v) is 5.19. The van der Waals surface area contributed by atoms with Crippen LogP contribution in [0.25, 0.3) is 11.0 Å². The van der Waals surface area contributed by atoms with E-state index in [1.54, 1.807) is 36.4 Å². The van der Waals surface area contributed by atoms with E-state index in [2.05, 4.69) is 9.97 Å². The van der Waals surface area contributed by atoms with Gasteiger partial charge in [0, 0.05) is 23.6 Å². The number of aliphatic carboxylic acids is 1. The van der Waals surface area contributed by atoms with E-state index in [-0.39, 0.29) is 29.8 Å². The first-order valence-corrected chi connectivity index (χ1v) is 10.1. The van der Waals surface area contributed by atoms with E-state index >= 15 is 0 Å². The highest BCUT2D eigenvalue weighted by atomic mass is 19.1. The number of nitrogens with zero attached hydrogens (tertiary/aromatic N) is 1. The predicted octanol–water partition coefficient (Wildman–Crippen LogP) is 4.71. The zero-order chi connectivity index (χ0) is 23.5. The van der Waals surface area contributed by atoms with Crippen LogP contribution in [0.1, 0.15) is 44.4 Å². The molecule has 33 heavy (non-hydrogen) atoms. The number of benzene rings is 3. The molecular weight excluding hydrogens is 430 g/mol. The molecule has 0 saturated heterocycles. The van der Waals surface area contributed by atoms with Gasteiger partial charge in [0.25, 0.3) is 0 Å². The Hall–Kier alpha value is -4.20. The maximum Gasteiger partial charge on any atom is 0.303 e. The van der Waals surface area contributed by atoms with Gasteiger partial charge in [0.15, 0.2) is 11.6 Å². The first-order chi connectivity index (χ1) is 15.8. The van der Waals surface area contributed by atoms with Crippen LogP contribution >= 0.6 is 0 Å². The van der Waals surface area contributed by atoms with Crippen LogP contribution in [-0.4, -0.2) is 32.6 Å². The topological polar surface area (TPSA) is 100 Å². The van der Waals surface area contributed by atoms with Crippen LogP contribution in [0.3, 0.4) is 0 Å². The van der Waals surface area contributed by atoms with Crippen LogP contribution in [0.4, 0.5) is 8.78 Å². The molecule has 1 unspecified atom stereocenters. The number of carbonyl (C=O) groups excluding carboxylic acids is 2. The van der Waals surface area contributed by atoms with Crippen LogP contribution < -0.4 is 0 Å². The number of para-hydroxylation sites is 2. The van der Waals surface area contributed by atoms with Gasteiger partial charge < -0.3 is 10.1 Å². The van der Waals surface area contributed by atoms with E-state index in [9.17, 15) is 23.2 Å². The van der Waals surface area contributed by atoms with Gasteiger partial charge in [0.05, 0.1) is 11.0 Å². The van der Waals surface area contributed by atoms with E-state index in [0.717, 1.165) is 12.1 Å². The first-order valence-electron chi connectivity index (χ1n) is 10.1. The van der Waals surface area contributed by atoms with Crippen molar-refractivity contribution in [3.05, 3.63) is 101 Å². The average molecular weight is 448 g/mol. The highest BCUT2D eigenvalue weighted by Crippen LogP contribution is 2.27. The number of rotatable bonds is 8. The molecular formula is C25H18F2N2O4. The average Bonchev–Trinajstić information content (AvgIpc) is 3.21. The Kier molecular flexibility index (Phi) is 6.08. The molecule has 0 aliphatic heterocycles. The predicted molar refractivity (Wildman–Crippen MR) is 116 cm³/mol. The van der Waals surface area contributed by atoms with Gasteiger partial charge in [-0.15, -0.1) is 0 Å². The maximum absolute atomic E-state index is 13.8. The molecule has 0 saturated carbocycles. The summed E-state index contributed by atoms with van der Waals surface area (Å²) in [4.78, 5) is 45.1. The highest BCUT2D eigenvalue weighted by Gasteiger charge is 2.33. The van der Waals surface area contributed by atoms with Crippen molar-refractivity contribution in [2.24, 2.45) is 0 Å². The van der Waals surface area contributed by atoms with Crippen molar-refractivity contribution < 1.29 is 28.3 Å². The minimum atomic E-state index is -1.48. The lowest BCUT2D eigenvalue weighted by Crippen LogP contribution is -2.24. The molecule has 4 aromatic rings. The molecule has 0 radical (unpaired) electrons. The van der Waals surface area contributed by atoms with Crippen LogP contribution in [0.5, 0.6) is 0 Å². The van der Waals surface area contributed by atoms with E-state index in [4.69, 9.17) is 5.11 Å². The maximum atomic E-state index is 13.8. The fraction of sp³-hybridized carbons (Fsp3) is 0.120. The number of aromatic amines is 1. The smallest absolute Gasteiger partial charge is 0.303 e. The Bertz CT molecular complexity index is 1330. The molecule has 6 nitrogen and oxygen atoms in total. The standard InChI is InChI=1S/C25H18F2N2O4/c26-17-11-16(12-18(27)13-17)24(33)22(25-28-19-6-1-2-7-20(19)29-25)23(32)15-5-3-4-14(10-15)8-9-21(30)31/h1-7,10-13,22H,8-9H2,(H,28,29)(H,30,31). The number of halogens is 2. The van der Waals surface area contributed by atoms with Gasteiger partial charge in [0.2, 0.25) is 0 Å². The van der Waals surface area contributed by atoms with E-state index in [1.165, 1.54) is 12.1 Å². The Morgan fingerprint density at radius 2 is 1.58 bits per heavy atom. The van der Waals surface area contributed by atoms with Crippen molar-refractivity contribution in [2.75, 3.05) is 0 Å². The molecule has 2 N–H and O–H groups in total. The summed E-state index contributed by atoms with van der Waals surface area (Å²) >= 11 is 0. The van der Waals surface area contributed by atoms with Gasteiger partial charge in [-0.1, -0.05) is 30.3 Å². The molecule has 3 aromatic carbocycles. The van der Waals surface area contributed by atoms with E-state index in [0.29, 0.717) is 22.7 Å². The van der Waals surface area contributed by atoms with Gasteiger partial charge in [-0.25, -0.2) is 13.8 Å². The molecule has 0 fully saturated rings. The molecule has 8 heteroatoms. The number of hydrogen-bond donors (Lipinski definition) is 2. The summed E-state index contributed by atoms with van der Waals surface area (Å²) in [6, 6.07) is 15.6. The monoisotopic (exact) mass is 448 g/mol. The van der Waals surface area contributed by atoms with E-state index < -0.39 is 35.1 Å². The normalized spacial score (nSPS) is 11.9. The fourth-order valence-electron chi connectivity index (χ4n) is 3.64. The number of carboxylic acid groups (broad SMARTS) is 1. The molecule has 166 valence electrons. The molecule has 1 atom stereocenters. The quantitative estimate of drug-likeness (QED) is 0.300. The Morgan fingerprint density at radius 1 is 0.879 bits per heavy atom. The zero-order valence-corrected chi connectivity index (χ0v) is 17.2. The number of carbonyl (C=O) groups is 3. The van der Waals surface area contributed by atoms with Gasteiger partial charge >= 0.3 is 5.97 Å². The molecule has 1 heterocycles. The summed E-state index contributed by atoms with van der Waals surface area (Å²) in [7, 11) is 0. The van der Waals surface area contributed by atoms with E-state index in [1.807, 2.05) is 0 Å². The fourth-order valence-corrected chi connectivity index (χ4v) is 3.64. The van der Waals surface area contributed by atoms with Crippen LogP contribution in [0.15, 0.2) is 66.7 Å². The van der Waals surface area contributed by atoms with Gasteiger partial charge in [0.1, 0.15) is 23.4 Å². The van der Waals surface area contributed by atoms with Crippen molar-refractivity contribution in [3.63, 3.8) is 0 Å². The number of Topliss-reactive ketones (excluding diaryl/α,β-unsaturated/α-hetero) is 2. The summed E-state index contributed by atoms with van der Waals surface area (Å²) < 4.78 is 27.6. The SMILES string of the molecule is O=C(O)CCc1cccc(C(=O)C(C(=O)c2cc(F)cc(F)c2)c2nc3ccccc3[nH]2)c1. The van der Waals surface area contributed by atoms with Gasteiger partial charge in [-0.3, -0.25) is 14.4 Å². The Balaban J connectivity index is 1.78. The molecule has 0 amide bonds. The number of nitrogens with one attached hydrogen (secondary N) is 1. The lowest BCUT2D eigenvalue weighted by Gasteiger charge is -2.14. The number of hydrogen-bond acceptors (Lipinski definition) is 4. The number of aryl methyl sites for hydroxylation is 1. The molecule has 0 bridgehead atoms. The third-order valence-electron chi connectivity index (χ3n) is 5.19. The number of H-pyrrole nitrogens is 1. The third kappa shape index (κ3) is 4.85. The summed E-state index contributed by atoms with van der Waals surface area (Å²) in [5, 5.41) is 8.92. The summed E-state index contributed by atoms with van der Waals surface area (Å²) in [6.07, 6.45) is 0.0843. The lowest BCUT2D eigenvalue weighted by atomic mass is 9.88. The van der Waals surface area contributed by atoms with Gasteiger partial charge in [-0.05, 0) is 42.3 Å². The number of carboxylic acids is 1. The zero-order valence-electron chi connectivity index (χ0n) is 17.2. The Morgan fingerprint density at radius 3 is 2.27 bits per heavy atom. The lowest BCUT2D eigenvalue weighted by molar-refractivity contribution is -0.136. The van der Waals surface area contributed by atoms with Crippen molar-refractivity contribution in [1.82, 2.24) is 9.97 Å². The number of fused-ring (bicyclic) bond motifs is 1. The Labute approximate surface area is 186 Å². The summed E-state index contributed by atoms with van der Waals surface area (Å²) in [6.45, 7) is 0. The molecule has 0 spiro atoms. The second-order valence-corrected chi connectivity index (χ2v) is 7.55. The second kappa shape index (κ2) is 9.12. The molecule has 1 aromatic heterocycles. The minimum absolute atomic E-state index is 0.0480. The van der Waals surface area contributed by atoms with Crippen molar-refractivity contribution in [2.45, 2.75) is 18.8 Å². The summed E-state index contributed by atoms with van der Waals surface area (Å²) in [5.41, 5.74) is 1.59. The first kappa shape index (κ1) is 22.0. The van der Waals surface area contributed by atoms with Crippen molar-refractivity contribution in [1.29, 1.82) is 0 Å². The van der Waals surface area contributed by atoms with Crippen molar-refractivity contribution in [3.8, 4) is 0 Å². The summed E-state index contributed by atoms with van der Waals surface area (Å²) in [5.74, 6) is -5.72. The number of imidazole rings is 1. The van der Waals surface area contributed by atoms with Crippen LogP contribution in [0.2, 0.25) is 0 Å². The van der Waals surface area contributed by atoms with Gasteiger partial charge in [-0.2, -0.15) is 0 Å². The number of ketones is 2. The molecule has 0 aliphatic rings.